The summed E-state index contributed by atoms with van der Waals surface area (Å²) >= 11 is 0.827. The van der Waals surface area contributed by atoms with Gasteiger partial charge in [-0.1, -0.05) is 77.0 Å². The number of ether oxygens (including phenoxy) is 1. The van der Waals surface area contributed by atoms with Gasteiger partial charge in [0.25, 0.3) is 5.24 Å². The Morgan fingerprint density at radius 3 is 2.36 bits per heavy atom. The van der Waals surface area contributed by atoms with Gasteiger partial charge < -0.3 is 9.57 Å². The van der Waals surface area contributed by atoms with Crippen LogP contribution in [0.3, 0.4) is 0 Å². The van der Waals surface area contributed by atoms with E-state index in [2.05, 4.69) is 65.0 Å². The van der Waals surface area contributed by atoms with E-state index in [4.69, 9.17) is 9.57 Å². The molecule has 1 N–H and O–H groups in total. The first-order chi connectivity index (χ1) is 20.9. The van der Waals surface area contributed by atoms with Gasteiger partial charge in [0.05, 0.1) is 24.7 Å². The number of esters is 1. The minimum absolute atomic E-state index is 0.00537. The summed E-state index contributed by atoms with van der Waals surface area (Å²) in [5.41, 5.74) is 2.22. The number of carbonyl (C=O) groups excluding carboxylic acids is 4. The number of carbonyl (C=O) groups is 4. The molecule has 1 aliphatic heterocycles. The van der Waals surface area contributed by atoms with Crippen molar-refractivity contribution in [3.05, 3.63) is 11.6 Å². The second-order valence-electron chi connectivity index (χ2n) is 17.2. The van der Waals surface area contributed by atoms with Crippen molar-refractivity contribution >= 4 is 40.6 Å². The van der Waals surface area contributed by atoms with Crippen LogP contribution in [0.4, 0.5) is 4.79 Å². The van der Waals surface area contributed by atoms with Crippen molar-refractivity contribution in [3.63, 3.8) is 0 Å². The number of nitrogens with one attached hydrogen (secondary N) is 1. The topological polar surface area (TPSA) is 111 Å². The molecule has 0 aromatic rings. The number of methoxy groups -OCH3 is 1. The van der Waals surface area contributed by atoms with Crippen LogP contribution in [0, 0.1) is 50.2 Å². The molecule has 0 unspecified atom stereocenters. The molecule has 8 nitrogen and oxygen atoms in total. The first kappa shape index (κ1) is 32.8. The fourth-order valence-electron chi connectivity index (χ4n) is 11.6. The Hall–Kier alpha value is -2.16. The maximum Gasteiger partial charge on any atom is 0.336 e. The molecule has 0 radical (unpaired) electrons. The highest BCUT2D eigenvalue weighted by molar-refractivity contribution is 8.15. The predicted molar refractivity (Wildman–Crippen MR) is 174 cm³/mol. The van der Waals surface area contributed by atoms with Gasteiger partial charge in [-0.05, 0) is 104 Å². The van der Waals surface area contributed by atoms with Gasteiger partial charge in [0.1, 0.15) is 5.25 Å². The molecule has 2 amide bonds. The highest BCUT2D eigenvalue weighted by Crippen LogP contribution is 2.75. The Labute approximate surface area is 272 Å². The number of thioether (sulfide) groups is 1. The third-order valence-corrected chi connectivity index (χ3v) is 15.4. The zero-order valence-corrected chi connectivity index (χ0v) is 29.3. The number of nitrogens with zero attached hydrogens (tertiary/aromatic N) is 1. The third-order valence-electron chi connectivity index (χ3n) is 14.4. The van der Waals surface area contributed by atoms with E-state index in [1.165, 1.54) is 5.57 Å². The molecule has 1 heterocycles. The molecule has 45 heavy (non-hydrogen) atoms. The van der Waals surface area contributed by atoms with Crippen LogP contribution in [0.2, 0.25) is 0 Å². The number of fused-ring (bicyclic) bond motifs is 7. The summed E-state index contributed by atoms with van der Waals surface area (Å²) in [6, 6.07) is 0. The Morgan fingerprint density at radius 1 is 0.978 bits per heavy atom. The molecule has 4 saturated carbocycles. The van der Waals surface area contributed by atoms with Crippen LogP contribution < -0.4 is 5.32 Å². The van der Waals surface area contributed by atoms with Crippen molar-refractivity contribution in [3.8, 4) is 0 Å². The summed E-state index contributed by atoms with van der Waals surface area (Å²) in [7, 11) is 1.56. The van der Waals surface area contributed by atoms with Gasteiger partial charge in [-0.25, -0.2) is 4.79 Å². The van der Waals surface area contributed by atoms with Gasteiger partial charge in [-0.3, -0.25) is 19.7 Å². The second-order valence-corrected chi connectivity index (χ2v) is 18.3. The predicted octanol–water partition coefficient (Wildman–Crippen LogP) is 7.60. The Kier molecular flexibility index (Phi) is 7.78. The van der Waals surface area contributed by atoms with Crippen LogP contribution in [-0.2, 0) is 24.0 Å². The van der Waals surface area contributed by atoms with E-state index < -0.39 is 27.8 Å². The molecule has 5 aliphatic carbocycles. The van der Waals surface area contributed by atoms with E-state index in [-0.39, 0.29) is 45.4 Å². The number of rotatable bonds is 4. The lowest BCUT2D eigenvalue weighted by Crippen LogP contribution is -2.64. The lowest BCUT2D eigenvalue weighted by Gasteiger charge is -2.70. The molecule has 0 aromatic heterocycles. The summed E-state index contributed by atoms with van der Waals surface area (Å²) in [6.07, 6.45) is 12.3. The molecule has 0 spiro atoms. The van der Waals surface area contributed by atoms with Crippen LogP contribution in [0.1, 0.15) is 119 Å². The monoisotopic (exact) mass is 640 g/mol. The Morgan fingerprint density at radius 2 is 1.69 bits per heavy atom. The quantitative estimate of drug-likeness (QED) is 0.146. The Bertz CT molecular complexity index is 1380. The van der Waals surface area contributed by atoms with Crippen LogP contribution >= 0.6 is 11.8 Å². The summed E-state index contributed by atoms with van der Waals surface area (Å²) in [5.74, 6) is 0.0713. The van der Waals surface area contributed by atoms with Crippen LogP contribution in [0.15, 0.2) is 16.8 Å². The number of allylic oxidation sites excluding steroid dienone is 2. The van der Waals surface area contributed by atoms with E-state index in [1.807, 2.05) is 0 Å². The second kappa shape index (κ2) is 10.7. The van der Waals surface area contributed by atoms with E-state index in [9.17, 15) is 19.2 Å². The largest absolute Gasteiger partial charge is 0.469 e. The smallest absolute Gasteiger partial charge is 0.336 e. The number of hydrogen-bond donors (Lipinski definition) is 1. The van der Waals surface area contributed by atoms with Crippen molar-refractivity contribution in [2.75, 3.05) is 7.11 Å². The highest BCUT2D eigenvalue weighted by atomic mass is 32.2. The van der Waals surface area contributed by atoms with Gasteiger partial charge in [-0.2, -0.15) is 0 Å². The molecule has 6 rings (SSSR count). The fourth-order valence-corrected chi connectivity index (χ4v) is 12.4. The summed E-state index contributed by atoms with van der Waals surface area (Å²) in [4.78, 5) is 54.9. The molecule has 8 atom stereocenters. The average Bonchev–Trinajstić information content (AvgIpc) is 3.27. The minimum Gasteiger partial charge on any atom is -0.469 e. The fraction of sp³-hybridized carbons (Fsp3) is 0.806. The first-order valence-corrected chi connectivity index (χ1v) is 17.9. The van der Waals surface area contributed by atoms with E-state index in [0.717, 1.165) is 81.7 Å². The molecule has 248 valence electrons. The molecule has 0 bridgehead atoms. The average molecular weight is 641 g/mol. The van der Waals surface area contributed by atoms with Crippen molar-refractivity contribution in [1.29, 1.82) is 0 Å². The Balaban J connectivity index is 1.26. The van der Waals surface area contributed by atoms with Gasteiger partial charge in [0, 0.05) is 5.41 Å². The van der Waals surface area contributed by atoms with Crippen LogP contribution in [-0.4, -0.2) is 41.2 Å². The van der Waals surface area contributed by atoms with Gasteiger partial charge in [-0.15, -0.1) is 0 Å². The lowest BCUT2D eigenvalue weighted by atomic mass is 9.33. The summed E-state index contributed by atoms with van der Waals surface area (Å²) in [6.45, 7) is 16.8. The lowest BCUT2D eigenvalue weighted by molar-refractivity contribution is -0.181. The van der Waals surface area contributed by atoms with Crippen molar-refractivity contribution < 1.29 is 28.8 Å². The number of imide groups is 1. The molecule has 9 heteroatoms. The third kappa shape index (κ3) is 4.78. The molecule has 5 fully saturated rings. The normalized spacial score (nSPS) is 44.0. The number of amides is 2. The van der Waals surface area contributed by atoms with Gasteiger partial charge in [0.2, 0.25) is 5.91 Å². The van der Waals surface area contributed by atoms with Crippen molar-refractivity contribution in [2.24, 2.45) is 55.4 Å². The van der Waals surface area contributed by atoms with Crippen molar-refractivity contribution in [1.82, 2.24) is 5.32 Å². The zero-order chi connectivity index (χ0) is 32.8. The molecule has 0 aromatic carbocycles. The number of oxime groups is 1. The summed E-state index contributed by atoms with van der Waals surface area (Å²) in [5, 5.41) is 5.45. The van der Waals surface area contributed by atoms with E-state index >= 15 is 0 Å². The SMILES string of the molecule is COC(=O)[C@]12CCC(C)(C)C[C@@H]1C1=CC[C@@H]3[C@@]4(C)CC/C(=N/OC(=O)C[C@@H]5SC(=O)NC5=O)C(C)(C)[C@@H]4CC[C@@]3(C)[C@]1(C)CC2. The first-order valence-electron chi connectivity index (χ1n) is 17.0. The van der Waals surface area contributed by atoms with Crippen LogP contribution in [0.25, 0.3) is 0 Å². The summed E-state index contributed by atoms with van der Waals surface area (Å²) < 4.78 is 5.52. The molecular formula is C36H52N2O6S. The highest BCUT2D eigenvalue weighted by Gasteiger charge is 2.69. The standard InChI is InChI=1S/C36H52N2O6S/c1-31(2)15-17-36(29(41)43-8)18-16-34(6)21(22(36)20-31)9-10-25-33(5)13-12-26(32(3,4)24(33)11-14-35(25,34)7)38-44-27(39)19-23-28(40)37-30(42)45-23/h9,22-25H,10-20H2,1-8H3,(H,37,40,42)/b38-26-/t22-,23+,24+,25-,33+,34-,35-,36+/m1/s1. The van der Waals surface area contributed by atoms with E-state index in [1.54, 1.807) is 7.11 Å². The van der Waals surface area contributed by atoms with Gasteiger partial charge in [0.15, 0.2) is 0 Å². The van der Waals surface area contributed by atoms with Gasteiger partial charge >= 0.3 is 11.9 Å². The molecule has 1 saturated heterocycles. The number of hydrogen-bond acceptors (Lipinski definition) is 8. The molecule has 6 aliphatic rings. The maximum absolute atomic E-state index is 13.5. The van der Waals surface area contributed by atoms with Crippen molar-refractivity contribution in [2.45, 2.75) is 124 Å². The molecular weight excluding hydrogens is 588 g/mol. The van der Waals surface area contributed by atoms with Crippen LogP contribution in [0.5, 0.6) is 0 Å². The zero-order valence-electron chi connectivity index (χ0n) is 28.5. The minimum atomic E-state index is -0.758. The van der Waals surface area contributed by atoms with E-state index in [0.29, 0.717) is 11.8 Å². The maximum atomic E-state index is 13.5.